The molecular weight excluding hydrogens is 772 g/mol. The van der Waals surface area contributed by atoms with Crippen molar-refractivity contribution in [3.05, 3.63) is 72.4 Å². The summed E-state index contributed by atoms with van der Waals surface area (Å²) in [6.07, 6.45) is 0.669. The molecule has 2 aliphatic heterocycles. The van der Waals surface area contributed by atoms with E-state index in [-0.39, 0.29) is 36.8 Å². The second-order valence-corrected chi connectivity index (χ2v) is 22.3. The molecule has 0 radical (unpaired) electrons. The first-order valence-corrected chi connectivity index (χ1v) is 23.6. The molecule has 0 saturated carbocycles. The van der Waals surface area contributed by atoms with Gasteiger partial charge in [-0.05, 0) is 52.1 Å². The Morgan fingerprint density at radius 3 is 2.22 bits per heavy atom. The number of amides is 4. The lowest BCUT2D eigenvalue weighted by Gasteiger charge is -2.30. The number of nitrogens with one attached hydrogen (secondary N) is 4. The third-order valence-corrected chi connectivity index (χ3v) is 14.3. The summed E-state index contributed by atoms with van der Waals surface area (Å²) in [5.41, 5.74) is 5.29. The van der Waals surface area contributed by atoms with Crippen LogP contribution >= 0.6 is 0 Å². The molecule has 0 spiro atoms. The lowest BCUT2D eigenvalue weighted by atomic mass is 9.99. The molecule has 4 amide bonds. The van der Waals surface area contributed by atoms with Crippen molar-refractivity contribution in [2.45, 2.75) is 83.6 Å². The number of fused-ring (bicyclic) bond motifs is 3. The smallest absolute Gasteiger partial charge is 0.407 e. The first-order valence-electron chi connectivity index (χ1n) is 20.1. The molecule has 59 heavy (non-hydrogen) atoms. The Morgan fingerprint density at radius 1 is 0.881 bits per heavy atom. The van der Waals surface area contributed by atoms with Crippen LogP contribution in [0.3, 0.4) is 0 Å². The van der Waals surface area contributed by atoms with Gasteiger partial charge in [0.25, 0.3) is 0 Å². The van der Waals surface area contributed by atoms with Gasteiger partial charge in [-0.15, -0.1) is 0 Å². The zero-order chi connectivity index (χ0) is 42.3. The van der Waals surface area contributed by atoms with Crippen molar-refractivity contribution in [2.75, 3.05) is 26.4 Å². The molecule has 0 bridgehead atoms. The van der Waals surface area contributed by atoms with Gasteiger partial charge >= 0.3 is 6.09 Å². The molecular formula is C43H53FN8O6Si. The molecule has 0 aliphatic carbocycles. The molecule has 4 heterocycles. The molecule has 2 aliphatic rings. The van der Waals surface area contributed by atoms with Gasteiger partial charge in [0, 0.05) is 18.0 Å². The van der Waals surface area contributed by atoms with Crippen LogP contribution in [0.15, 0.2) is 60.8 Å². The van der Waals surface area contributed by atoms with Crippen molar-refractivity contribution < 1.29 is 33.4 Å². The number of nitrogens with zero attached hydrogens (tertiary/aromatic N) is 4. The minimum Gasteiger partial charge on any atom is -0.453 e. The summed E-state index contributed by atoms with van der Waals surface area (Å²) in [6.45, 7) is 11.1. The quantitative estimate of drug-likeness (QED) is 0.100. The number of ether oxygens (including phenoxy) is 1. The lowest BCUT2D eigenvalue weighted by molar-refractivity contribution is -0.139. The summed E-state index contributed by atoms with van der Waals surface area (Å²) in [5, 5.41) is 16.4. The van der Waals surface area contributed by atoms with Gasteiger partial charge in [0.15, 0.2) is 0 Å². The molecule has 2 aromatic heterocycles. The van der Waals surface area contributed by atoms with E-state index >= 15 is 0 Å². The fourth-order valence-corrected chi connectivity index (χ4v) is 11.4. The number of aliphatic hydroxyl groups excluding tert-OH is 1. The minimum absolute atomic E-state index is 0.0790. The normalized spacial score (nSPS) is 20.1. The number of H-pyrrole nitrogens is 2. The van der Waals surface area contributed by atoms with Crippen LogP contribution in [0.4, 0.5) is 9.18 Å². The number of carbonyl (C=O) groups is 4. The molecule has 5 N–H and O–H groups in total. The molecule has 16 heteroatoms. The number of halogens is 1. The molecule has 3 aromatic carbocycles. The summed E-state index contributed by atoms with van der Waals surface area (Å²) < 4.78 is 19.7. The molecule has 5 aromatic rings. The molecule has 312 valence electrons. The minimum atomic E-state index is -1.77. The maximum Gasteiger partial charge on any atom is 0.407 e. The van der Waals surface area contributed by atoms with Crippen LogP contribution in [-0.4, -0.2) is 111 Å². The van der Waals surface area contributed by atoms with E-state index in [4.69, 9.17) is 14.7 Å². The Kier molecular flexibility index (Phi) is 11.7. The van der Waals surface area contributed by atoms with Crippen LogP contribution < -0.4 is 10.6 Å². The molecule has 2 fully saturated rings. The van der Waals surface area contributed by atoms with E-state index in [0.29, 0.717) is 17.5 Å². The van der Waals surface area contributed by atoms with E-state index in [1.54, 1.807) is 20.0 Å². The Morgan fingerprint density at radius 2 is 1.54 bits per heavy atom. The van der Waals surface area contributed by atoms with Gasteiger partial charge in [-0.2, -0.15) is 0 Å². The van der Waals surface area contributed by atoms with Crippen molar-refractivity contribution >= 4 is 53.7 Å². The number of hydrogen-bond acceptors (Lipinski definition) is 8. The predicted octanol–water partition coefficient (Wildman–Crippen LogP) is 6.03. The number of benzene rings is 3. The highest BCUT2D eigenvalue weighted by molar-refractivity contribution is 6.78. The summed E-state index contributed by atoms with van der Waals surface area (Å²) in [7, 11) is -0.480. The highest BCUT2D eigenvalue weighted by atomic mass is 28.3. The fourth-order valence-electron chi connectivity index (χ4n) is 8.48. The second-order valence-electron chi connectivity index (χ2n) is 17.3. The van der Waals surface area contributed by atoms with E-state index in [0.717, 1.165) is 50.5 Å². The highest BCUT2D eigenvalue weighted by Gasteiger charge is 2.46. The maximum atomic E-state index is 14.9. The average molecular weight is 825 g/mol. The zero-order valence-electron chi connectivity index (χ0n) is 34.5. The molecule has 14 nitrogen and oxygen atoms in total. The van der Waals surface area contributed by atoms with Crippen LogP contribution in [0.5, 0.6) is 0 Å². The third-order valence-electron chi connectivity index (χ3n) is 11.6. The van der Waals surface area contributed by atoms with E-state index in [2.05, 4.69) is 51.9 Å². The van der Waals surface area contributed by atoms with Crippen LogP contribution in [0, 0.1) is 11.8 Å². The van der Waals surface area contributed by atoms with Gasteiger partial charge in [0.1, 0.15) is 36.5 Å². The van der Waals surface area contributed by atoms with Crippen molar-refractivity contribution in [1.82, 2.24) is 40.4 Å². The first kappa shape index (κ1) is 41.5. The molecule has 7 rings (SSSR count). The lowest BCUT2D eigenvalue weighted by Crippen LogP contribution is -2.52. The van der Waals surface area contributed by atoms with Gasteiger partial charge < -0.3 is 40.2 Å². The standard InChI is InChI=1S/C43H53FN8O6Si/c1-23(2)36(48-35(54)20-53)41(55)51-19-29(44)17-33(51)40-46-31-15-13-28-16-27(12-14-30(28)38(31)49-40)25-8-10-26(11-9-25)32-18-45-39(47-32)34-21-59(6,7)22-52(34)42(56)37(24(3)4)50-43(57)58-5/h8-16,18,23-24,29,33-34,36-37,53H,17,19-22H2,1-7H3,(H,45,47)(H,46,49)(H,48,54)(H,50,57)/t29-,33+,34+,36+,37+/m1/s1. The average Bonchev–Trinajstić information content (AvgIpc) is 4.02. The Bertz CT molecular complexity index is 2380. The number of aromatic amines is 2. The third kappa shape index (κ3) is 8.46. The van der Waals surface area contributed by atoms with Gasteiger partial charge in [0.2, 0.25) is 17.7 Å². The first-order chi connectivity index (χ1) is 28.1. The summed E-state index contributed by atoms with van der Waals surface area (Å²) in [4.78, 5) is 71.4. The van der Waals surface area contributed by atoms with E-state index in [1.807, 2.05) is 55.1 Å². The van der Waals surface area contributed by atoms with Gasteiger partial charge in [-0.1, -0.05) is 83.3 Å². The van der Waals surface area contributed by atoms with Crippen LogP contribution in [0.1, 0.15) is 57.8 Å². The Labute approximate surface area is 343 Å². The van der Waals surface area contributed by atoms with Crippen molar-refractivity contribution in [1.29, 1.82) is 0 Å². The molecule has 5 atom stereocenters. The largest absolute Gasteiger partial charge is 0.453 e. The van der Waals surface area contributed by atoms with Crippen LogP contribution in [0.2, 0.25) is 19.1 Å². The number of carbonyl (C=O) groups excluding carboxylic acids is 4. The number of aliphatic hydroxyl groups is 1. The van der Waals surface area contributed by atoms with E-state index < -0.39 is 56.9 Å². The SMILES string of the molecule is COC(=O)N[C@H](C(=O)N1C[Si](C)(C)C[C@H]1c1ncc(-c2ccc(-c3ccc4c(ccc5[nH]c([C@@H]6C[C@@H](F)CN6C(=O)[C@@H](NC(=O)CO)C(C)C)nc54)c3)cc2)[nH]1)C(C)C. The Hall–Kier alpha value is -5.61. The topological polar surface area (TPSA) is 186 Å². The summed E-state index contributed by atoms with van der Waals surface area (Å²) >= 11 is 0. The summed E-state index contributed by atoms with van der Waals surface area (Å²) in [6, 6.07) is 16.7. The molecule has 2 saturated heterocycles. The number of rotatable bonds is 11. The number of alkyl carbamates (subject to hydrolysis) is 1. The highest BCUT2D eigenvalue weighted by Crippen LogP contribution is 2.39. The summed E-state index contributed by atoms with van der Waals surface area (Å²) in [5.74, 6) is -0.408. The van der Waals surface area contributed by atoms with Crippen LogP contribution in [-0.2, 0) is 19.1 Å². The monoisotopic (exact) mass is 824 g/mol. The predicted molar refractivity (Wildman–Crippen MR) is 225 cm³/mol. The van der Waals surface area contributed by atoms with Crippen molar-refractivity contribution in [2.24, 2.45) is 11.8 Å². The molecule has 0 unspecified atom stereocenters. The number of aromatic nitrogens is 4. The number of likely N-dealkylation sites (tertiary alicyclic amines) is 1. The number of alkyl halides is 1. The van der Waals surface area contributed by atoms with Crippen molar-refractivity contribution in [3.8, 4) is 22.4 Å². The van der Waals surface area contributed by atoms with Gasteiger partial charge in [-0.3, -0.25) is 14.4 Å². The number of imidazole rings is 2. The van der Waals surface area contributed by atoms with Crippen LogP contribution in [0.25, 0.3) is 44.2 Å². The fraction of sp³-hybridized carbons (Fsp3) is 0.442. The maximum absolute atomic E-state index is 14.9. The van der Waals surface area contributed by atoms with E-state index in [1.165, 1.54) is 12.0 Å². The Balaban J connectivity index is 1.10. The van der Waals surface area contributed by atoms with Gasteiger partial charge in [0.05, 0.1) is 56.7 Å². The second kappa shape index (κ2) is 16.6. The van der Waals surface area contributed by atoms with Gasteiger partial charge in [-0.25, -0.2) is 19.2 Å². The number of hydrogen-bond donors (Lipinski definition) is 5. The van der Waals surface area contributed by atoms with E-state index in [9.17, 15) is 28.7 Å². The number of methoxy groups -OCH3 is 1. The zero-order valence-corrected chi connectivity index (χ0v) is 35.5. The van der Waals surface area contributed by atoms with Crippen molar-refractivity contribution in [3.63, 3.8) is 0 Å².